The zero-order chi connectivity index (χ0) is 28.9. The predicted octanol–water partition coefficient (Wildman–Crippen LogP) is 5.76. The number of ketones is 1. The molecule has 1 saturated heterocycles. The number of nitrogens with zero attached hydrogens (tertiary/aromatic N) is 1. The van der Waals surface area contributed by atoms with E-state index < -0.39 is 11.6 Å². The molecule has 1 saturated carbocycles. The molecule has 0 radical (unpaired) electrons. The van der Waals surface area contributed by atoms with Gasteiger partial charge in [-0.25, -0.2) is 8.78 Å². The van der Waals surface area contributed by atoms with Crippen LogP contribution < -0.4 is 10.6 Å². The van der Waals surface area contributed by atoms with Crippen molar-refractivity contribution in [1.82, 2.24) is 15.5 Å². The first-order chi connectivity index (χ1) is 19.2. The first-order valence-electron chi connectivity index (χ1n) is 14.6. The molecular formula is C32H43F2N3O3. The molecule has 0 bridgehead atoms. The molecule has 0 aromatic heterocycles. The fourth-order valence-corrected chi connectivity index (χ4v) is 5.02. The Morgan fingerprint density at radius 1 is 0.925 bits per heavy atom. The van der Waals surface area contributed by atoms with E-state index in [0.717, 1.165) is 24.5 Å². The van der Waals surface area contributed by atoms with Gasteiger partial charge in [-0.3, -0.25) is 14.4 Å². The molecule has 2 aromatic rings. The van der Waals surface area contributed by atoms with Gasteiger partial charge in [-0.05, 0) is 36.6 Å². The maximum Gasteiger partial charge on any atom is 0.251 e. The van der Waals surface area contributed by atoms with Crippen molar-refractivity contribution in [2.24, 2.45) is 5.92 Å². The van der Waals surface area contributed by atoms with Gasteiger partial charge in [0.05, 0.1) is 13.1 Å². The molecule has 40 heavy (non-hydrogen) atoms. The first kappa shape index (κ1) is 31.4. The number of benzene rings is 2. The normalized spacial score (nSPS) is 17.1. The third-order valence-electron chi connectivity index (χ3n) is 7.57. The van der Waals surface area contributed by atoms with Crippen molar-refractivity contribution in [3.05, 3.63) is 70.8 Å². The van der Waals surface area contributed by atoms with Crippen LogP contribution in [0.3, 0.4) is 0 Å². The molecule has 2 aromatic carbocycles. The quantitative estimate of drug-likeness (QED) is 0.413. The lowest BCUT2D eigenvalue weighted by molar-refractivity contribution is -0.131. The first-order valence-corrected chi connectivity index (χ1v) is 14.6. The summed E-state index contributed by atoms with van der Waals surface area (Å²) < 4.78 is 26.8. The second-order valence-electron chi connectivity index (χ2n) is 11.1. The summed E-state index contributed by atoms with van der Waals surface area (Å²) in [6.07, 6.45) is 10.7. The number of piperidine rings is 1. The second-order valence-corrected chi connectivity index (χ2v) is 11.1. The fraction of sp³-hybridized carbons (Fsp3) is 0.531. The number of rotatable bonds is 9. The molecule has 1 unspecified atom stereocenters. The van der Waals surface area contributed by atoms with Gasteiger partial charge in [0.2, 0.25) is 5.91 Å². The number of carbonyl (C=O) groups excluding carboxylic acids is 3. The molecule has 1 heterocycles. The van der Waals surface area contributed by atoms with E-state index in [0.29, 0.717) is 24.2 Å². The zero-order valence-electron chi connectivity index (χ0n) is 23.8. The Morgan fingerprint density at radius 3 is 2.27 bits per heavy atom. The molecule has 4 rings (SSSR count). The van der Waals surface area contributed by atoms with Gasteiger partial charge in [-0.1, -0.05) is 70.6 Å². The van der Waals surface area contributed by atoms with Crippen LogP contribution >= 0.6 is 0 Å². The highest BCUT2D eigenvalue weighted by Gasteiger charge is 2.25. The zero-order valence-corrected chi connectivity index (χ0v) is 23.8. The van der Waals surface area contributed by atoms with Gasteiger partial charge >= 0.3 is 0 Å². The largest absolute Gasteiger partial charge is 0.345 e. The number of nitrogens with one attached hydrogen (secondary N) is 2. The number of halogens is 2. The second kappa shape index (κ2) is 16.2. The lowest BCUT2D eigenvalue weighted by Crippen LogP contribution is -2.43. The summed E-state index contributed by atoms with van der Waals surface area (Å²) >= 11 is 0. The monoisotopic (exact) mass is 555 g/mol. The van der Waals surface area contributed by atoms with Crippen molar-refractivity contribution in [1.29, 1.82) is 0 Å². The van der Waals surface area contributed by atoms with Gasteiger partial charge in [0.1, 0.15) is 11.6 Å². The standard InChI is InChI=1S/C26H31F2N3O3.C6H12/c1-17(2)24(32)14-30-26(34)19-6-3-5-18(11-19)21-7-4-10-31(16-21)25(33)15-29-13-20-8-9-22(27)12-23(20)28;1-2-4-6-5-3-1/h3,5-6,8-9,11-12,17,21,29H,4,7,10,13-16H2,1-2H3,(H,30,34);1-6H2. The number of hydrogen-bond acceptors (Lipinski definition) is 4. The smallest absolute Gasteiger partial charge is 0.251 e. The van der Waals surface area contributed by atoms with Crippen LogP contribution in [0.25, 0.3) is 0 Å². The molecular weight excluding hydrogens is 512 g/mol. The summed E-state index contributed by atoms with van der Waals surface area (Å²) in [5.74, 6) is -1.73. The predicted molar refractivity (Wildman–Crippen MR) is 153 cm³/mol. The van der Waals surface area contributed by atoms with Crippen molar-refractivity contribution >= 4 is 17.6 Å². The number of likely N-dealkylation sites (tertiary alicyclic amines) is 1. The molecule has 0 spiro atoms. The van der Waals surface area contributed by atoms with E-state index in [1.165, 1.54) is 50.7 Å². The molecule has 1 aliphatic carbocycles. The Bertz CT molecular complexity index is 1120. The van der Waals surface area contributed by atoms with E-state index >= 15 is 0 Å². The Kier molecular flexibility index (Phi) is 12.7. The molecule has 2 fully saturated rings. The van der Waals surface area contributed by atoms with Crippen molar-refractivity contribution in [2.75, 3.05) is 26.2 Å². The maximum absolute atomic E-state index is 13.8. The lowest BCUT2D eigenvalue weighted by atomic mass is 9.89. The molecule has 2 amide bonds. The van der Waals surface area contributed by atoms with Crippen molar-refractivity contribution in [3.8, 4) is 0 Å². The minimum absolute atomic E-state index is 0.00125. The fourth-order valence-electron chi connectivity index (χ4n) is 5.02. The van der Waals surface area contributed by atoms with Gasteiger partial charge in [0, 0.05) is 48.7 Å². The third-order valence-corrected chi connectivity index (χ3v) is 7.57. The molecule has 1 aliphatic heterocycles. The van der Waals surface area contributed by atoms with Crippen LogP contribution in [0.4, 0.5) is 8.78 Å². The minimum Gasteiger partial charge on any atom is -0.345 e. The highest BCUT2D eigenvalue weighted by atomic mass is 19.1. The lowest BCUT2D eigenvalue weighted by Gasteiger charge is -2.33. The van der Waals surface area contributed by atoms with Crippen LogP contribution in [-0.2, 0) is 16.1 Å². The maximum atomic E-state index is 13.8. The summed E-state index contributed by atoms with van der Waals surface area (Å²) in [5, 5.41) is 5.61. The summed E-state index contributed by atoms with van der Waals surface area (Å²) in [6, 6.07) is 10.7. The molecule has 6 nitrogen and oxygen atoms in total. The van der Waals surface area contributed by atoms with Crippen LogP contribution in [0.5, 0.6) is 0 Å². The molecule has 2 N–H and O–H groups in total. The Labute approximate surface area is 236 Å². The Morgan fingerprint density at radius 2 is 1.62 bits per heavy atom. The Hall–Kier alpha value is -3.13. The van der Waals surface area contributed by atoms with E-state index in [4.69, 9.17) is 0 Å². The van der Waals surface area contributed by atoms with Gasteiger partial charge < -0.3 is 15.5 Å². The number of Topliss-reactive ketones (excluding diaryl/α,β-unsaturated/α-hetero) is 1. The summed E-state index contributed by atoms with van der Waals surface area (Å²) in [5.41, 5.74) is 1.76. The summed E-state index contributed by atoms with van der Waals surface area (Å²) in [7, 11) is 0. The van der Waals surface area contributed by atoms with Gasteiger partial charge in [-0.2, -0.15) is 0 Å². The molecule has 218 valence electrons. The highest BCUT2D eigenvalue weighted by molar-refractivity contribution is 5.97. The van der Waals surface area contributed by atoms with Gasteiger partial charge in [-0.15, -0.1) is 0 Å². The summed E-state index contributed by atoms with van der Waals surface area (Å²) in [4.78, 5) is 38.7. The van der Waals surface area contributed by atoms with Crippen molar-refractivity contribution < 1.29 is 23.2 Å². The minimum atomic E-state index is -0.643. The van der Waals surface area contributed by atoms with Gasteiger partial charge in [0.15, 0.2) is 5.78 Å². The molecule has 1 atom stereocenters. The average Bonchev–Trinajstić information content (AvgIpc) is 2.98. The van der Waals surface area contributed by atoms with Gasteiger partial charge in [0.25, 0.3) is 5.91 Å². The van der Waals surface area contributed by atoms with E-state index in [2.05, 4.69) is 10.6 Å². The van der Waals surface area contributed by atoms with Crippen LogP contribution in [0, 0.1) is 17.6 Å². The van der Waals surface area contributed by atoms with Crippen LogP contribution in [0.2, 0.25) is 0 Å². The van der Waals surface area contributed by atoms with Crippen LogP contribution in [-0.4, -0.2) is 48.7 Å². The summed E-state index contributed by atoms with van der Waals surface area (Å²) in [6.45, 7) is 4.94. The van der Waals surface area contributed by atoms with Crippen molar-refractivity contribution in [2.45, 2.75) is 77.7 Å². The number of hydrogen-bond donors (Lipinski definition) is 2. The van der Waals surface area contributed by atoms with Crippen LogP contribution in [0.1, 0.15) is 92.6 Å². The number of carbonyl (C=O) groups is 3. The molecule has 2 aliphatic rings. The van der Waals surface area contributed by atoms with E-state index in [1.54, 1.807) is 24.8 Å². The SMILES string of the molecule is C1CCCCC1.CC(C)C(=O)CNC(=O)c1cccc(C2CCCN(C(=O)CNCc3ccc(F)cc3F)C2)c1. The van der Waals surface area contributed by atoms with Crippen molar-refractivity contribution in [3.63, 3.8) is 0 Å². The number of amides is 2. The van der Waals surface area contributed by atoms with E-state index in [-0.39, 0.29) is 49.1 Å². The van der Waals surface area contributed by atoms with E-state index in [9.17, 15) is 23.2 Å². The average molecular weight is 556 g/mol. The third kappa shape index (κ3) is 10.1. The highest BCUT2D eigenvalue weighted by Crippen LogP contribution is 2.27. The van der Waals surface area contributed by atoms with Crippen LogP contribution in [0.15, 0.2) is 42.5 Å². The Balaban J connectivity index is 0.000000649. The molecule has 8 heteroatoms. The van der Waals surface area contributed by atoms with E-state index in [1.807, 2.05) is 18.2 Å². The topological polar surface area (TPSA) is 78.5 Å².